The van der Waals surface area contributed by atoms with Crippen molar-refractivity contribution in [1.82, 2.24) is 4.57 Å². The number of nitro groups is 1. The number of carbonyl (C=O) groups is 3. The Morgan fingerprint density at radius 3 is 2.36 bits per heavy atom. The number of halogens is 5. The van der Waals surface area contributed by atoms with Crippen LogP contribution in [0.4, 0.5) is 18.9 Å². The standard InChI is InChI=1S/C18H13ClF3NO7.C9H6ClNO3S/c1-2-28-16(24)9-29-17(25)12-8-11(4-5-14(12)23(26)27)30-15-6-3-10(7-13(15)19)18(20,21)22;10-5-2-1-3-6-8(5)11(4-7(12)13)9(14)15-6/h3-8H,2,9H2,1H3;1-3H,4H2,(H,12,13). The van der Waals surface area contributed by atoms with E-state index >= 15 is 0 Å². The predicted molar refractivity (Wildman–Crippen MR) is 155 cm³/mol. The summed E-state index contributed by atoms with van der Waals surface area (Å²) in [4.78, 5) is 55.5. The van der Waals surface area contributed by atoms with Gasteiger partial charge >= 0.3 is 29.0 Å². The number of rotatable bonds is 9. The van der Waals surface area contributed by atoms with Gasteiger partial charge in [0.1, 0.15) is 23.6 Å². The maximum atomic E-state index is 12.7. The van der Waals surface area contributed by atoms with Crippen molar-refractivity contribution in [1.29, 1.82) is 0 Å². The summed E-state index contributed by atoms with van der Waals surface area (Å²) in [5, 5.41) is 19.9. The highest BCUT2D eigenvalue weighted by atomic mass is 35.5. The molecular formula is C27H19Cl2F3N2O10S. The summed E-state index contributed by atoms with van der Waals surface area (Å²) >= 11 is 12.7. The lowest BCUT2D eigenvalue weighted by Gasteiger charge is -2.12. The van der Waals surface area contributed by atoms with Crippen LogP contribution < -0.4 is 9.61 Å². The Balaban J connectivity index is 0.000000305. The number of nitrogens with zero attached hydrogens (tertiary/aromatic N) is 2. The largest absolute Gasteiger partial charge is 0.480 e. The van der Waals surface area contributed by atoms with Crippen LogP contribution in [0.5, 0.6) is 11.5 Å². The van der Waals surface area contributed by atoms with E-state index in [1.54, 1.807) is 18.2 Å². The van der Waals surface area contributed by atoms with Crippen LogP contribution in [-0.2, 0) is 31.8 Å². The first-order valence-electron chi connectivity index (χ1n) is 12.3. The molecular weight excluding hydrogens is 672 g/mol. The molecule has 0 aliphatic carbocycles. The quantitative estimate of drug-likeness (QED) is 0.115. The molecule has 0 atom stereocenters. The van der Waals surface area contributed by atoms with Crippen LogP contribution in [0.3, 0.4) is 0 Å². The zero-order valence-corrected chi connectivity index (χ0v) is 25.0. The van der Waals surface area contributed by atoms with Crippen LogP contribution >= 0.6 is 34.5 Å². The second kappa shape index (κ2) is 14.9. The Morgan fingerprint density at radius 1 is 1.04 bits per heavy atom. The maximum Gasteiger partial charge on any atom is 0.416 e. The molecule has 0 spiro atoms. The van der Waals surface area contributed by atoms with Crippen molar-refractivity contribution in [3.63, 3.8) is 0 Å². The van der Waals surface area contributed by atoms with Crippen molar-refractivity contribution in [2.45, 2.75) is 19.6 Å². The molecule has 0 amide bonds. The molecule has 0 saturated carbocycles. The van der Waals surface area contributed by atoms with Crippen molar-refractivity contribution in [2.75, 3.05) is 13.2 Å². The second-order valence-electron chi connectivity index (χ2n) is 8.50. The summed E-state index contributed by atoms with van der Waals surface area (Å²) in [6.07, 6.45) is -4.61. The molecule has 4 rings (SSSR count). The van der Waals surface area contributed by atoms with Crippen LogP contribution in [0.15, 0.2) is 59.4 Å². The lowest BCUT2D eigenvalue weighted by Crippen LogP contribution is -2.18. The van der Waals surface area contributed by atoms with E-state index in [9.17, 15) is 42.5 Å². The lowest BCUT2D eigenvalue weighted by molar-refractivity contribution is -0.385. The number of hydrogen-bond acceptors (Lipinski definition) is 10. The molecule has 1 aromatic heterocycles. The molecule has 3 aromatic carbocycles. The molecule has 1 heterocycles. The molecule has 0 fully saturated rings. The number of hydrogen-bond donors (Lipinski definition) is 1. The van der Waals surface area contributed by atoms with Crippen molar-refractivity contribution in [3.05, 3.63) is 95.6 Å². The van der Waals surface area contributed by atoms with Crippen LogP contribution in [0.2, 0.25) is 10.0 Å². The van der Waals surface area contributed by atoms with E-state index < -0.39 is 52.4 Å². The first-order valence-corrected chi connectivity index (χ1v) is 13.8. The number of fused-ring (bicyclic) bond motifs is 1. The van der Waals surface area contributed by atoms with Gasteiger partial charge in [0.05, 0.1) is 37.4 Å². The Morgan fingerprint density at radius 2 is 1.76 bits per heavy atom. The van der Waals surface area contributed by atoms with E-state index in [2.05, 4.69) is 4.74 Å². The number of carboxylic acid groups (broad SMARTS) is 1. The van der Waals surface area contributed by atoms with Gasteiger partial charge < -0.3 is 19.3 Å². The van der Waals surface area contributed by atoms with E-state index in [0.29, 0.717) is 21.3 Å². The molecule has 1 N–H and O–H groups in total. The van der Waals surface area contributed by atoms with E-state index in [1.165, 1.54) is 11.5 Å². The molecule has 0 aliphatic heterocycles. The Kier molecular flexibility index (Phi) is 11.5. The van der Waals surface area contributed by atoms with E-state index in [-0.39, 0.29) is 34.5 Å². The molecule has 4 aromatic rings. The molecule has 0 saturated heterocycles. The summed E-state index contributed by atoms with van der Waals surface area (Å²) in [5.74, 6) is -3.41. The second-order valence-corrected chi connectivity index (χ2v) is 10.3. The van der Waals surface area contributed by atoms with Gasteiger partial charge in [0, 0.05) is 12.1 Å². The molecule has 45 heavy (non-hydrogen) atoms. The number of carbonyl (C=O) groups excluding carboxylic acids is 2. The summed E-state index contributed by atoms with van der Waals surface area (Å²) < 4.78 is 54.7. The van der Waals surface area contributed by atoms with Crippen molar-refractivity contribution < 1.29 is 51.8 Å². The van der Waals surface area contributed by atoms with E-state index in [0.717, 1.165) is 41.7 Å². The van der Waals surface area contributed by atoms with Gasteiger partial charge in [-0.3, -0.25) is 24.3 Å². The third kappa shape index (κ3) is 9.17. The van der Waals surface area contributed by atoms with Gasteiger partial charge in [0.2, 0.25) is 0 Å². The number of aromatic nitrogens is 1. The number of alkyl halides is 3. The Hall–Kier alpha value is -4.67. The number of para-hydroxylation sites is 1. The zero-order chi connectivity index (χ0) is 33.5. The van der Waals surface area contributed by atoms with Gasteiger partial charge in [-0.05, 0) is 43.3 Å². The highest BCUT2D eigenvalue weighted by molar-refractivity contribution is 7.16. The number of ether oxygens (including phenoxy) is 3. The normalized spacial score (nSPS) is 10.9. The third-order valence-corrected chi connectivity index (χ3v) is 6.97. The molecule has 0 radical (unpaired) electrons. The number of thiazole rings is 1. The molecule has 0 aliphatic rings. The van der Waals surface area contributed by atoms with Gasteiger partial charge in [-0.2, -0.15) is 13.2 Å². The summed E-state index contributed by atoms with van der Waals surface area (Å²) in [6, 6.07) is 10.5. The van der Waals surface area contributed by atoms with Crippen LogP contribution in [-0.4, -0.2) is 45.7 Å². The Labute approximate surface area is 264 Å². The topological polar surface area (TPSA) is 164 Å². The lowest BCUT2D eigenvalue weighted by atomic mass is 10.1. The number of carboxylic acids is 1. The summed E-state index contributed by atoms with van der Waals surface area (Å²) in [6.45, 7) is 0.466. The highest BCUT2D eigenvalue weighted by Gasteiger charge is 2.31. The van der Waals surface area contributed by atoms with Gasteiger partial charge in [0.25, 0.3) is 5.69 Å². The maximum absolute atomic E-state index is 12.7. The average Bonchev–Trinajstić information content (AvgIpc) is 3.27. The molecule has 12 nitrogen and oxygen atoms in total. The number of aliphatic carboxylic acids is 1. The van der Waals surface area contributed by atoms with Crippen LogP contribution in [0.1, 0.15) is 22.8 Å². The van der Waals surface area contributed by atoms with Gasteiger partial charge in [-0.15, -0.1) is 0 Å². The molecule has 0 bridgehead atoms. The summed E-state index contributed by atoms with van der Waals surface area (Å²) in [7, 11) is 0. The van der Waals surface area contributed by atoms with Crippen LogP contribution in [0, 0.1) is 10.1 Å². The average molecular weight is 691 g/mol. The first kappa shape index (κ1) is 34.8. The van der Waals surface area contributed by atoms with Gasteiger partial charge in [0.15, 0.2) is 6.61 Å². The zero-order valence-electron chi connectivity index (χ0n) is 22.6. The van der Waals surface area contributed by atoms with E-state index in [1.807, 2.05) is 0 Å². The smallest absolute Gasteiger partial charge is 0.416 e. The van der Waals surface area contributed by atoms with E-state index in [4.69, 9.17) is 37.8 Å². The monoisotopic (exact) mass is 690 g/mol. The minimum absolute atomic E-state index is 0.0493. The SMILES string of the molecule is CCOC(=O)COC(=O)c1cc(Oc2ccc(C(F)(F)F)cc2Cl)ccc1[N+](=O)[O-].O=C(O)Cn1c(=O)sc2cccc(Cl)c21. The fraction of sp³-hybridized carbons (Fsp3) is 0.185. The minimum atomic E-state index is -4.61. The highest BCUT2D eigenvalue weighted by Crippen LogP contribution is 2.37. The number of nitro benzene ring substituents is 1. The Bertz CT molecular complexity index is 1820. The van der Waals surface area contributed by atoms with Gasteiger partial charge in [-0.25, -0.2) is 9.59 Å². The molecule has 0 unspecified atom stereocenters. The predicted octanol–water partition coefficient (Wildman–Crippen LogP) is 6.58. The number of esters is 2. The summed E-state index contributed by atoms with van der Waals surface area (Å²) in [5.41, 5.74) is -1.66. The number of benzene rings is 3. The fourth-order valence-electron chi connectivity index (χ4n) is 3.55. The third-order valence-electron chi connectivity index (χ3n) is 5.43. The van der Waals surface area contributed by atoms with Gasteiger partial charge in [-0.1, -0.05) is 40.6 Å². The van der Waals surface area contributed by atoms with Crippen molar-refractivity contribution in [2.24, 2.45) is 0 Å². The first-order chi connectivity index (χ1) is 21.1. The minimum Gasteiger partial charge on any atom is -0.480 e. The molecule has 18 heteroatoms. The fourth-order valence-corrected chi connectivity index (χ4v) is 5.02. The van der Waals surface area contributed by atoms with Crippen molar-refractivity contribution >= 4 is 68.4 Å². The van der Waals surface area contributed by atoms with Crippen molar-refractivity contribution in [3.8, 4) is 11.5 Å². The van der Waals surface area contributed by atoms with Crippen LogP contribution in [0.25, 0.3) is 10.2 Å². The molecule has 238 valence electrons.